The van der Waals surface area contributed by atoms with Gasteiger partial charge in [0.05, 0.1) is 6.21 Å². The second-order valence-corrected chi connectivity index (χ2v) is 4.86. The van der Waals surface area contributed by atoms with Crippen LogP contribution in [-0.2, 0) is 0 Å². The van der Waals surface area contributed by atoms with Gasteiger partial charge in [-0.25, -0.2) is 5.43 Å². The molecule has 1 amide bonds. The SMILES string of the molecule is CC(/C=N/NC(=O)c1cc(O)c(O)c(O)c1)=C\c1ccccc1. The number of carbonyl (C=O) groups is 1. The summed E-state index contributed by atoms with van der Waals surface area (Å²) in [6, 6.07) is 11.7. The van der Waals surface area contributed by atoms with Crippen LogP contribution >= 0.6 is 0 Å². The Labute approximate surface area is 133 Å². The van der Waals surface area contributed by atoms with E-state index in [-0.39, 0.29) is 5.56 Å². The van der Waals surface area contributed by atoms with E-state index in [0.29, 0.717) is 0 Å². The van der Waals surface area contributed by atoms with Gasteiger partial charge < -0.3 is 15.3 Å². The topological polar surface area (TPSA) is 102 Å². The molecule has 0 saturated heterocycles. The van der Waals surface area contributed by atoms with Crippen molar-refractivity contribution in [2.75, 3.05) is 0 Å². The van der Waals surface area contributed by atoms with E-state index in [9.17, 15) is 20.1 Å². The highest BCUT2D eigenvalue weighted by atomic mass is 16.3. The van der Waals surface area contributed by atoms with Crippen molar-refractivity contribution >= 4 is 18.2 Å². The zero-order valence-corrected chi connectivity index (χ0v) is 12.4. The molecule has 0 aromatic heterocycles. The molecule has 23 heavy (non-hydrogen) atoms. The number of hydrogen-bond acceptors (Lipinski definition) is 5. The molecule has 0 heterocycles. The minimum Gasteiger partial charge on any atom is -0.504 e. The largest absolute Gasteiger partial charge is 0.504 e. The summed E-state index contributed by atoms with van der Waals surface area (Å²) in [5.74, 6) is -2.47. The lowest BCUT2D eigenvalue weighted by Gasteiger charge is -2.04. The molecule has 6 nitrogen and oxygen atoms in total. The molecule has 2 rings (SSSR count). The lowest BCUT2D eigenvalue weighted by molar-refractivity contribution is 0.0954. The first-order chi connectivity index (χ1) is 11.0. The number of phenols is 3. The zero-order valence-electron chi connectivity index (χ0n) is 12.4. The fraction of sp³-hybridized carbons (Fsp3) is 0.0588. The first-order valence-corrected chi connectivity index (χ1v) is 6.79. The molecule has 0 aliphatic carbocycles. The van der Waals surface area contributed by atoms with Crippen LogP contribution in [0, 0.1) is 0 Å². The molecule has 0 radical (unpaired) electrons. The van der Waals surface area contributed by atoms with Crippen molar-refractivity contribution in [1.82, 2.24) is 5.43 Å². The molecule has 0 aliphatic rings. The van der Waals surface area contributed by atoms with E-state index in [0.717, 1.165) is 23.3 Å². The van der Waals surface area contributed by atoms with Gasteiger partial charge in [0.15, 0.2) is 17.2 Å². The van der Waals surface area contributed by atoms with E-state index in [4.69, 9.17) is 0 Å². The van der Waals surface area contributed by atoms with Crippen LogP contribution in [0.1, 0.15) is 22.8 Å². The van der Waals surface area contributed by atoms with Gasteiger partial charge >= 0.3 is 0 Å². The standard InChI is InChI=1S/C17H16N2O4/c1-11(7-12-5-3-2-4-6-12)10-18-19-17(23)13-8-14(20)16(22)15(21)9-13/h2-10,20-22H,1H3,(H,19,23)/b11-7+,18-10+. The number of hydrazone groups is 1. The van der Waals surface area contributed by atoms with Crippen LogP contribution in [0.15, 0.2) is 53.1 Å². The second kappa shape index (κ2) is 7.13. The molecular weight excluding hydrogens is 296 g/mol. The summed E-state index contributed by atoms with van der Waals surface area (Å²) < 4.78 is 0. The lowest BCUT2D eigenvalue weighted by atomic mass is 10.1. The Bertz CT molecular complexity index is 744. The lowest BCUT2D eigenvalue weighted by Crippen LogP contribution is -2.17. The Morgan fingerprint density at radius 3 is 2.30 bits per heavy atom. The van der Waals surface area contributed by atoms with Crippen molar-refractivity contribution in [2.24, 2.45) is 5.10 Å². The number of benzene rings is 2. The van der Waals surface area contributed by atoms with E-state index >= 15 is 0 Å². The fourth-order valence-corrected chi connectivity index (χ4v) is 1.84. The van der Waals surface area contributed by atoms with Crippen molar-refractivity contribution in [2.45, 2.75) is 6.92 Å². The number of amides is 1. The van der Waals surface area contributed by atoms with Crippen LogP contribution in [0.25, 0.3) is 6.08 Å². The highest BCUT2D eigenvalue weighted by molar-refractivity contribution is 5.96. The van der Waals surface area contributed by atoms with Crippen LogP contribution in [-0.4, -0.2) is 27.4 Å². The molecule has 0 bridgehead atoms. The van der Waals surface area contributed by atoms with Gasteiger partial charge in [-0.15, -0.1) is 0 Å². The van der Waals surface area contributed by atoms with Crippen molar-refractivity contribution in [3.63, 3.8) is 0 Å². The number of nitrogens with one attached hydrogen (secondary N) is 1. The molecule has 118 valence electrons. The van der Waals surface area contributed by atoms with E-state index in [1.807, 2.05) is 43.3 Å². The third-order valence-electron chi connectivity index (χ3n) is 2.96. The number of allylic oxidation sites excluding steroid dienone is 1. The molecule has 4 N–H and O–H groups in total. The summed E-state index contributed by atoms with van der Waals surface area (Å²) in [6.07, 6.45) is 3.37. The van der Waals surface area contributed by atoms with E-state index in [2.05, 4.69) is 10.5 Å². The Morgan fingerprint density at radius 2 is 1.70 bits per heavy atom. The predicted octanol–water partition coefficient (Wildman–Crippen LogP) is 2.62. The van der Waals surface area contributed by atoms with Gasteiger partial charge in [-0.2, -0.15) is 5.10 Å². The molecule has 0 spiro atoms. The van der Waals surface area contributed by atoms with Crippen LogP contribution in [0.4, 0.5) is 0 Å². The monoisotopic (exact) mass is 312 g/mol. The van der Waals surface area contributed by atoms with Crippen molar-refractivity contribution < 1.29 is 20.1 Å². The van der Waals surface area contributed by atoms with Crippen LogP contribution in [0.3, 0.4) is 0 Å². The summed E-state index contributed by atoms with van der Waals surface area (Å²) >= 11 is 0. The number of aromatic hydroxyl groups is 3. The average molecular weight is 312 g/mol. The summed E-state index contributed by atoms with van der Waals surface area (Å²) in [5, 5.41) is 31.8. The highest BCUT2D eigenvalue weighted by Crippen LogP contribution is 2.35. The number of rotatable bonds is 4. The van der Waals surface area contributed by atoms with Gasteiger partial charge in [0, 0.05) is 5.56 Å². The van der Waals surface area contributed by atoms with Gasteiger partial charge in [0.25, 0.3) is 5.91 Å². The maximum atomic E-state index is 11.9. The third kappa shape index (κ3) is 4.34. The third-order valence-corrected chi connectivity index (χ3v) is 2.96. The molecule has 2 aromatic rings. The Balaban J connectivity index is 2.03. The van der Waals surface area contributed by atoms with Crippen LogP contribution in [0.5, 0.6) is 17.2 Å². The summed E-state index contributed by atoms with van der Waals surface area (Å²) in [5.41, 5.74) is 4.08. The Kier molecular flexibility index (Phi) is 4.99. The fourth-order valence-electron chi connectivity index (χ4n) is 1.84. The Morgan fingerprint density at radius 1 is 1.09 bits per heavy atom. The maximum Gasteiger partial charge on any atom is 0.271 e. The Hall–Kier alpha value is -3.28. The zero-order chi connectivity index (χ0) is 16.8. The summed E-state index contributed by atoms with van der Waals surface area (Å²) in [6.45, 7) is 1.83. The van der Waals surface area contributed by atoms with Gasteiger partial charge in [-0.3, -0.25) is 4.79 Å². The molecule has 0 atom stereocenters. The van der Waals surface area contributed by atoms with Gasteiger partial charge in [0.2, 0.25) is 0 Å². The minimum atomic E-state index is -0.674. The summed E-state index contributed by atoms with van der Waals surface area (Å²) in [4.78, 5) is 11.9. The molecule has 0 unspecified atom stereocenters. The number of phenolic OH excluding ortho intramolecular Hbond substituents is 3. The molecular formula is C17H16N2O4. The number of carbonyl (C=O) groups excluding carboxylic acids is 1. The van der Waals surface area contributed by atoms with E-state index in [1.54, 1.807) is 0 Å². The predicted molar refractivity (Wildman–Crippen MR) is 87.5 cm³/mol. The van der Waals surface area contributed by atoms with Gasteiger partial charge in [-0.1, -0.05) is 36.4 Å². The van der Waals surface area contributed by atoms with E-state index in [1.165, 1.54) is 6.21 Å². The average Bonchev–Trinajstić information content (AvgIpc) is 2.53. The maximum absolute atomic E-state index is 11.9. The van der Waals surface area contributed by atoms with Gasteiger partial charge in [-0.05, 0) is 30.2 Å². The first-order valence-electron chi connectivity index (χ1n) is 6.79. The van der Waals surface area contributed by atoms with Crippen LogP contribution < -0.4 is 5.43 Å². The molecule has 6 heteroatoms. The molecule has 2 aromatic carbocycles. The van der Waals surface area contributed by atoms with Gasteiger partial charge in [0.1, 0.15) is 0 Å². The molecule has 0 fully saturated rings. The number of hydrogen-bond donors (Lipinski definition) is 4. The highest BCUT2D eigenvalue weighted by Gasteiger charge is 2.12. The number of nitrogens with zero attached hydrogens (tertiary/aromatic N) is 1. The van der Waals surface area contributed by atoms with E-state index < -0.39 is 23.2 Å². The van der Waals surface area contributed by atoms with Crippen molar-refractivity contribution in [3.8, 4) is 17.2 Å². The normalized spacial score (nSPS) is 11.6. The van der Waals surface area contributed by atoms with Crippen molar-refractivity contribution in [1.29, 1.82) is 0 Å². The smallest absolute Gasteiger partial charge is 0.271 e. The molecule has 0 saturated carbocycles. The quantitative estimate of drug-likeness (QED) is 0.396. The van der Waals surface area contributed by atoms with Crippen LogP contribution in [0.2, 0.25) is 0 Å². The van der Waals surface area contributed by atoms with Crippen molar-refractivity contribution in [3.05, 3.63) is 59.2 Å². The minimum absolute atomic E-state index is 0.0281. The molecule has 0 aliphatic heterocycles. The second-order valence-electron chi connectivity index (χ2n) is 4.86. The summed E-state index contributed by atoms with van der Waals surface area (Å²) in [7, 11) is 0. The first kappa shape index (κ1) is 16.1.